The van der Waals surface area contributed by atoms with E-state index in [-0.39, 0.29) is 30.2 Å². The topological polar surface area (TPSA) is 119 Å². The fourth-order valence-corrected chi connectivity index (χ4v) is 5.56. The Kier molecular flexibility index (Phi) is 7.35. The Balaban J connectivity index is 1.56. The van der Waals surface area contributed by atoms with Gasteiger partial charge in [-0.2, -0.15) is 0 Å². The number of aryl methyl sites for hydroxylation is 1. The van der Waals surface area contributed by atoms with Gasteiger partial charge in [0, 0.05) is 30.0 Å². The van der Waals surface area contributed by atoms with Crippen molar-refractivity contribution in [3.05, 3.63) is 70.2 Å². The highest BCUT2D eigenvalue weighted by molar-refractivity contribution is 7.13. The van der Waals surface area contributed by atoms with Crippen LogP contribution >= 0.6 is 11.3 Å². The molecule has 1 atom stereocenters. The second-order valence-electron chi connectivity index (χ2n) is 9.42. The van der Waals surface area contributed by atoms with Gasteiger partial charge in [0.1, 0.15) is 23.7 Å². The van der Waals surface area contributed by atoms with Crippen molar-refractivity contribution < 1.29 is 28.9 Å². The van der Waals surface area contributed by atoms with Crippen molar-refractivity contribution in [2.75, 3.05) is 25.6 Å². The van der Waals surface area contributed by atoms with Gasteiger partial charge in [0.05, 0.1) is 12.8 Å². The van der Waals surface area contributed by atoms with Crippen LogP contribution in [0.5, 0.6) is 23.0 Å². The van der Waals surface area contributed by atoms with Crippen LogP contribution in [0.2, 0.25) is 0 Å². The summed E-state index contributed by atoms with van der Waals surface area (Å²) in [6.07, 6.45) is 6.22. The summed E-state index contributed by atoms with van der Waals surface area (Å²) in [5.41, 5.74) is 2.30. The molecule has 198 valence electrons. The summed E-state index contributed by atoms with van der Waals surface area (Å²) in [4.78, 5) is 29.4. The maximum atomic E-state index is 13.1. The molecule has 0 fully saturated rings. The van der Waals surface area contributed by atoms with E-state index < -0.39 is 11.5 Å². The molecule has 3 heterocycles. The predicted molar refractivity (Wildman–Crippen MR) is 144 cm³/mol. The van der Waals surface area contributed by atoms with Gasteiger partial charge < -0.3 is 30.0 Å². The highest BCUT2D eigenvalue weighted by Gasteiger charge is 2.35. The molecular formula is C28H29N3O6S. The number of nitrogens with one attached hydrogen (secondary N) is 2. The molecule has 0 aliphatic carbocycles. The molecule has 3 aromatic rings. The van der Waals surface area contributed by atoms with Crippen LogP contribution in [-0.4, -0.2) is 42.2 Å². The van der Waals surface area contributed by atoms with Crippen molar-refractivity contribution in [2.24, 2.45) is 0 Å². The minimum absolute atomic E-state index is 0.0445. The van der Waals surface area contributed by atoms with Crippen molar-refractivity contribution >= 4 is 28.3 Å². The number of aromatic carboxylic acids is 1. The zero-order valence-electron chi connectivity index (χ0n) is 21.2. The Bertz CT molecular complexity index is 1400. The first-order valence-corrected chi connectivity index (χ1v) is 13.3. The maximum absolute atomic E-state index is 13.1. The number of rotatable bonds is 2. The Morgan fingerprint density at radius 1 is 1.18 bits per heavy atom. The van der Waals surface area contributed by atoms with Crippen LogP contribution in [0.1, 0.15) is 46.9 Å². The van der Waals surface area contributed by atoms with Gasteiger partial charge in [-0.25, -0.2) is 9.78 Å². The lowest BCUT2D eigenvalue weighted by Gasteiger charge is -2.37. The van der Waals surface area contributed by atoms with E-state index >= 15 is 0 Å². The van der Waals surface area contributed by atoms with Crippen LogP contribution in [0.15, 0.2) is 47.9 Å². The smallest absolute Gasteiger partial charge is 0.339 e. The van der Waals surface area contributed by atoms with E-state index in [1.165, 1.54) is 17.4 Å². The van der Waals surface area contributed by atoms with E-state index in [0.29, 0.717) is 35.3 Å². The van der Waals surface area contributed by atoms with Gasteiger partial charge in [-0.15, -0.1) is 11.3 Å². The zero-order valence-corrected chi connectivity index (χ0v) is 22.0. The number of ether oxygens (including phenoxy) is 3. The summed E-state index contributed by atoms with van der Waals surface area (Å²) in [6, 6.07) is 8.44. The fraction of sp³-hybridized carbons (Fsp3) is 0.321. The van der Waals surface area contributed by atoms with Crippen LogP contribution in [0.3, 0.4) is 0 Å². The van der Waals surface area contributed by atoms with Gasteiger partial charge in [0.15, 0.2) is 16.6 Å². The molecule has 0 saturated carbocycles. The fourth-order valence-electron chi connectivity index (χ4n) is 4.80. The van der Waals surface area contributed by atoms with E-state index in [9.17, 15) is 14.7 Å². The third-order valence-corrected chi connectivity index (χ3v) is 7.49. The number of carbonyl (C=O) groups excluding carboxylic acids is 1. The first-order valence-electron chi connectivity index (χ1n) is 12.4. The molecule has 0 radical (unpaired) electrons. The van der Waals surface area contributed by atoms with Crippen LogP contribution in [-0.2, 0) is 23.2 Å². The van der Waals surface area contributed by atoms with Crippen molar-refractivity contribution in [3.8, 4) is 23.0 Å². The largest absolute Gasteiger partial charge is 0.493 e. The average molecular weight is 536 g/mol. The predicted octanol–water partition coefficient (Wildman–Crippen LogP) is 4.91. The zero-order chi connectivity index (χ0) is 26.7. The average Bonchev–Trinajstić information content (AvgIpc) is 3.32. The first-order chi connectivity index (χ1) is 18.3. The number of benzene rings is 2. The Labute approximate surface area is 224 Å². The molecule has 38 heavy (non-hydrogen) atoms. The van der Waals surface area contributed by atoms with Gasteiger partial charge in [0.2, 0.25) is 5.91 Å². The number of methoxy groups -OCH3 is 1. The molecule has 0 spiro atoms. The van der Waals surface area contributed by atoms with Gasteiger partial charge >= 0.3 is 5.97 Å². The number of carboxylic acid groups (broad SMARTS) is 1. The van der Waals surface area contributed by atoms with Gasteiger partial charge in [-0.05, 0) is 61.6 Å². The van der Waals surface area contributed by atoms with E-state index in [0.717, 1.165) is 29.7 Å². The molecule has 1 aromatic heterocycles. The lowest BCUT2D eigenvalue weighted by atomic mass is 9.81. The number of allylic oxidation sites excluding steroid dienone is 1. The van der Waals surface area contributed by atoms with Crippen molar-refractivity contribution in [2.45, 2.75) is 38.1 Å². The Hall–Kier alpha value is -3.89. The lowest BCUT2D eigenvalue weighted by Crippen LogP contribution is -2.47. The quantitative estimate of drug-likeness (QED) is 0.396. The number of aromatic nitrogens is 1. The number of nitrogens with zero attached hydrogens (tertiary/aromatic N) is 1. The summed E-state index contributed by atoms with van der Waals surface area (Å²) >= 11 is 1.40. The molecule has 6 bridgehead atoms. The number of hydrogen-bond acceptors (Lipinski definition) is 8. The van der Waals surface area contributed by atoms with Gasteiger partial charge in [-0.3, -0.25) is 4.79 Å². The highest BCUT2D eigenvalue weighted by Crippen LogP contribution is 2.41. The minimum atomic E-state index is -1.09. The molecule has 0 unspecified atom stereocenters. The van der Waals surface area contributed by atoms with Gasteiger partial charge in [-0.1, -0.05) is 12.2 Å². The SMILES string of the molecule is COc1cc2c3cc1Oc1ccc(C(=O)O)c(c1)OC/C=C\CCc1csc(n1)NC(=O)C[C@@]3(C)NCC2. The standard InChI is InChI=1S/C28H29N3O6S/c1-28-15-25(32)31-27-30-18(16-38-27)6-4-3-5-11-36-22-13-19(7-8-20(22)26(33)34)37-24-14-21(28)17(9-10-29-28)12-23(24)35-2/h3,5,7-8,12-14,16,29H,4,6,9-11,15H2,1-2H3,(H,33,34)(H,30,31,32)/b5-3-/t28-/m1/s1. The van der Waals surface area contributed by atoms with Crippen LogP contribution < -0.4 is 24.8 Å². The third-order valence-electron chi connectivity index (χ3n) is 6.69. The Morgan fingerprint density at radius 3 is 2.87 bits per heavy atom. The summed E-state index contributed by atoms with van der Waals surface area (Å²) < 4.78 is 17.6. The molecule has 0 saturated heterocycles. The Morgan fingerprint density at radius 2 is 2.05 bits per heavy atom. The second-order valence-corrected chi connectivity index (χ2v) is 10.3. The first kappa shape index (κ1) is 25.7. The van der Waals surface area contributed by atoms with E-state index in [1.54, 1.807) is 19.2 Å². The second kappa shape index (κ2) is 10.8. The molecule has 2 aliphatic heterocycles. The summed E-state index contributed by atoms with van der Waals surface area (Å²) in [6.45, 7) is 2.92. The third kappa shape index (κ3) is 5.51. The summed E-state index contributed by atoms with van der Waals surface area (Å²) in [5, 5.41) is 18.6. The molecule has 9 nitrogen and oxygen atoms in total. The van der Waals surface area contributed by atoms with Crippen LogP contribution in [0.25, 0.3) is 0 Å². The van der Waals surface area contributed by atoms with Crippen LogP contribution in [0, 0.1) is 0 Å². The van der Waals surface area contributed by atoms with Gasteiger partial charge in [0.25, 0.3) is 0 Å². The number of anilines is 1. The molecule has 3 N–H and O–H groups in total. The van der Waals surface area contributed by atoms with Crippen molar-refractivity contribution in [3.63, 3.8) is 0 Å². The highest BCUT2D eigenvalue weighted by atomic mass is 32.1. The number of hydrogen-bond donors (Lipinski definition) is 3. The normalized spacial score (nSPS) is 20.3. The molecule has 5 rings (SSSR count). The number of fused-ring (bicyclic) bond motifs is 5. The molecule has 2 aromatic carbocycles. The molecule has 1 amide bonds. The number of thiazole rings is 1. The number of amides is 1. The van der Waals surface area contributed by atoms with Crippen LogP contribution in [0.4, 0.5) is 5.13 Å². The molecule has 2 aliphatic rings. The van der Waals surface area contributed by atoms with E-state index in [1.807, 2.05) is 36.6 Å². The van der Waals surface area contributed by atoms with Crippen molar-refractivity contribution in [1.29, 1.82) is 0 Å². The monoisotopic (exact) mass is 535 g/mol. The van der Waals surface area contributed by atoms with E-state index in [4.69, 9.17) is 14.2 Å². The number of carboxylic acids is 1. The molecule has 10 heteroatoms. The van der Waals surface area contributed by atoms with Crippen molar-refractivity contribution in [1.82, 2.24) is 10.3 Å². The number of carbonyl (C=O) groups is 2. The molecular weight excluding hydrogens is 506 g/mol. The lowest BCUT2D eigenvalue weighted by molar-refractivity contribution is -0.117. The summed E-state index contributed by atoms with van der Waals surface area (Å²) in [5.74, 6) is 0.391. The van der Waals surface area contributed by atoms with E-state index in [2.05, 4.69) is 15.6 Å². The minimum Gasteiger partial charge on any atom is -0.493 e. The maximum Gasteiger partial charge on any atom is 0.339 e. The summed E-state index contributed by atoms with van der Waals surface area (Å²) in [7, 11) is 1.57.